The zero-order valence-electron chi connectivity index (χ0n) is 18.6. The summed E-state index contributed by atoms with van der Waals surface area (Å²) in [7, 11) is 0. The first-order valence-corrected chi connectivity index (χ1v) is 10.5. The van der Waals surface area contributed by atoms with Crippen LogP contribution in [0.3, 0.4) is 0 Å². The maximum absolute atomic E-state index is 12.5. The van der Waals surface area contributed by atoms with Crippen LogP contribution in [0.1, 0.15) is 41.5 Å². The van der Waals surface area contributed by atoms with Gasteiger partial charge in [-0.3, -0.25) is 9.59 Å². The van der Waals surface area contributed by atoms with E-state index in [4.69, 9.17) is 9.47 Å². The second-order valence-corrected chi connectivity index (χ2v) is 9.23. The van der Waals surface area contributed by atoms with Crippen molar-refractivity contribution < 1.29 is 24.2 Å². The lowest BCUT2D eigenvalue weighted by molar-refractivity contribution is -0.161. The summed E-state index contributed by atoms with van der Waals surface area (Å²) in [4.78, 5) is 24.8. The van der Waals surface area contributed by atoms with E-state index in [0.717, 1.165) is 5.57 Å². The SMILES string of the molecule is CC(=CC=CC=CC=CC1(C)C2OC(=O)C1(C)C(=O)C2C)C1OC(C)C=CC1(C)O. The molecule has 1 saturated heterocycles. The average molecular weight is 413 g/mol. The third kappa shape index (κ3) is 3.44. The molecule has 0 radical (unpaired) electrons. The Hall–Kier alpha value is -2.24. The zero-order valence-corrected chi connectivity index (χ0v) is 18.6. The van der Waals surface area contributed by atoms with Crippen LogP contribution in [0.5, 0.6) is 0 Å². The normalized spacial score (nSPS) is 44.2. The molecule has 2 fully saturated rings. The van der Waals surface area contributed by atoms with Crippen LogP contribution in [-0.4, -0.2) is 40.8 Å². The largest absolute Gasteiger partial charge is 0.460 e. The van der Waals surface area contributed by atoms with Crippen molar-refractivity contribution in [2.24, 2.45) is 16.7 Å². The number of rotatable bonds is 5. The van der Waals surface area contributed by atoms with E-state index in [1.807, 2.05) is 76.3 Å². The van der Waals surface area contributed by atoms with Crippen LogP contribution in [0.2, 0.25) is 0 Å². The van der Waals surface area contributed by atoms with Gasteiger partial charge in [0.2, 0.25) is 0 Å². The second-order valence-electron chi connectivity index (χ2n) is 9.23. The van der Waals surface area contributed by atoms with E-state index >= 15 is 0 Å². The highest BCUT2D eigenvalue weighted by molar-refractivity contribution is 6.10. The van der Waals surface area contributed by atoms with E-state index in [1.165, 1.54) is 0 Å². The summed E-state index contributed by atoms with van der Waals surface area (Å²) < 4.78 is 11.3. The minimum absolute atomic E-state index is 0.0350. The molecule has 7 atom stereocenters. The molecule has 7 unspecified atom stereocenters. The van der Waals surface area contributed by atoms with Crippen molar-refractivity contribution in [1.82, 2.24) is 0 Å². The first kappa shape index (κ1) is 22.4. The first-order chi connectivity index (χ1) is 13.9. The van der Waals surface area contributed by atoms with Gasteiger partial charge < -0.3 is 14.6 Å². The molecule has 0 amide bonds. The number of allylic oxidation sites excluding steroid dienone is 6. The highest BCUT2D eigenvalue weighted by Crippen LogP contribution is 2.60. The molecule has 3 rings (SSSR count). The molecular weight excluding hydrogens is 380 g/mol. The van der Waals surface area contributed by atoms with Gasteiger partial charge in [0.15, 0.2) is 5.78 Å². The Balaban J connectivity index is 1.64. The lowest BCUT2D eigenvalue weighted by Crippen LogP contribution is -2.44. The molecule has 2 bridgehead atoms. The van der Waals surface area contributed by atoms with E-state index in [0.29, 0.717) is 0 Å². The fourth-order valence-electron chi connectivity index (χ4n) is 4.83. The molecule has 1 saturated carbocycles. The number of hydrogen-bond donors (Lipinski definition) is 1. The van der Waals surface area contributed by atoms with E-state index < -0.39 is 28.5 Å². The summed E-state index contributed by atoms with van der Waals surface area (Å²) in [5, 5.41) is 10.5. The Labute approximate surface area is 178 Å². The van der Waals surface area contributed by atoms with Crippen molar-refractivity contribution in [3.63, 3.8) is 0 Å². The third-order valence-electron chi connectivity index (χ3n) is 6.92. The number of esters is 1. The maximum Gasteiger partial charge on any atom is 0.320 e. The van der Waals surface area contributed by atoms with Gasteiger partial charge >= 0.3 is 5.97 Å². The summed E-state index contributed by atoms with van der Waals surface area (Å²) in [6.45, 7) is 11.1. The van der Waals surface area contributed by atoms with Crippen LogP contribution in [0.25, 0.3) is 0 Å². The Morgan fingerprint density at radius 2 is 1.70 bits per heavy atom. The Bertz CT molecular complexity index is 874. The number of fused-ring (bicyclic) bond motifs is 2. The molecule has 162 valence electrons. The number of ketones is 1. The third-order valence-corrected chi connectivity index (χ3v) is 6.92. The quantitative estimate of drug-likeness (QED) is 0.321. The smallest absolute Gasteiger partial charge is 0.320 e. The molecule has 30 heavy (non-hydrogen) atoms. The van der Waals surface area contributed by atoms with Crippen molar-refractivity contribution in [3.8, 4) is 0 Å². The standard InChI is InChI=1S/C25H32O5/c1-16(20-24(5,28)15-13-17(2)29-20)12-10-8-7-9-11-14-23(4)21-18(3)19(26)25(23,6)22(27)30-21/h7-15,17-18,20-21,28H,1-6H3. The van der Waals surface area contributed by atoms with Crippen molar-refractivity contribution in [3.05, 3.63) is 60.3 Å². The maximum atomic E-state index is 12.5. The Morgan fingerprint density at radius 1 is 1.07 bits per heavy atom. The van der Waals surface area contributed by atoms with Crippen LogP contribution < -0.4 is 0 Å². The lowest BCUT2D eigenvalue weighted by Gasteiger charge is -2.36. The van der Waals surface area contributed by atoms with Gasteiger partial charge in [-0.2, -0.15) is 0 Å². The summed E-state index contributed by atoms with van der Waals surface area (Å²) >= 11 is 0. The van der Waals surface area contributed by atoms with Gasteiger partial charge in [0.25, 0.3) is 0 Å². The molecule has 1 N–H and O–H groups in total. The monoisotopic (exact) mass is 412 g/mol. The molecule has 2 heterocycles. The summed E-state index contributed by atoms with van der Waals surface area (Å²) in [6, 6.07) is 0. The van der Waals surface area contributed by atoms with Gasteiger partial charge in [-0.05, 0) is 33.3 Å². The van der Waals surface area contributed by atoms with Gasteiger partial charge in [0, 0.05) is 5.41 Å². The number of ether oxygens (including phenoxy) is 2. The van der Waals surface area contributed by atoms with Gasteiger partial charge in [-0.15, -0.1) is 0 Å². The molecule has 5 nitrogen and oxygen atoms in total. The molecule has 1 aliphatic carbocycles. The number of aliphatic hydroxyl groups is 1. The summed E-state index contributed by atoms with van der Waals surface area (Å²) in [6.07, 6.45) is 16.0. The molecular formula is C25H32O5. The molecule has 0 spiro atoms. The number of carbonyl (C=O) groups excluding carboxylic acids is 2. The lowest BCUT2D eigenvalue weighted by atomic mass is 9.68. The minimum Gasteiger partial charge on any atom is -0.460 e. The Morgan fingerprint density at radius 3 is 2.37 bits per heavy atom. The summed E-state index contributed by atoms with van der Waals surface area (Å²) in [5.41, 5.74) is -1.85. The van der Waals surface area contributed by atoms with E-state index in [1.54, 1.807) is 19.9 Å². The van der Waals surface area contributed by atoms with Crippen molar-refractivity contribution in [1.29, 1.82) is 0 Å². The Kier molecular flexibility index (Phi) is 5.82. The molecule has 0 aromatic heterocycles. The highest BCUT2D eigenvalue weighted by atomic mass is 16.6. The van der Waals surface area contributed by atoms with Crippen LogP contribution in [0, 0.1) is 16.7 Å². The fraction of sp³-hybridized carbons (Fsp3) is 0.520. The molecule has 3 aliphatic rings. The van der Waals surface area contributed by atoms with Gasteiger partial charge in [0.1, 0.15) is 23.2 Å². The van der Waals surface area contributed by atoms with Gasteiger partial charge in [-0.1, -0.05) is 68.5 Å². The topological polar surface area (TPSA) is 72.8 Å². The van der Waals surface area contributed by atoms with E-state index in [-0.39, 0.29) is 23.9 Å². The van der Waals surface area contributed by atoms with E-state index in [2.05, 4.69) is 0 Å². The van der Waals surface area contributed by atoms with Crippen LogP contribution in [-0.2, 0) is 19.1 Å². The van der Waals surface area contributed by atoms with E-state index in [9.17, 15) is 14.7 Å². The summed E-state index contributed by atoms with van der Waals surface area (Å²) in [5.74, 6) is -0.737. The minimum atomic E-state index is -1.11. The van der Waals surface area contributed by atoms with Crippen LogP contribution in [0.15, 0.2) is 60.3 Å². The zero-order chi connectivity index (χ0) is 22.3. The highest BCUT2D eigenvalue weighted by Gasteiger charge is 2.73. The molecule has 0 aromatic carbocycles. The first-order valence-electron chi connectivity index (χ1n) is 10.5. The number of Topliss-reactive ketones (excluding diaryl/α,β-unsaturated/α-hetero) is 1. The average Bonchev–Trinajstić information content (AvgIpc) is 2.96. The van der Waals surface area contributed by atoms with Gasteiger partial charge in [0.05, 0.1) is 12.0 Å². The van der Waals surface area contributed by atoms with Crippen molar-refractivity contribution >= 4 is 11.8 Å². The van der Waals surface area contributed by atoms with Crippen molar-refractivity contribution in [2.45, 2.75) is 65.5 Å². The number of hydrogen-bond acceptors (Lipinski definition) is 5. The predicted octanol–water partition coefficient (Wildman–Crippen LogP) is 3.85. The van der Waals surface area contributed by atoms with Crippen LogP contribution in [0.4, 0.5) is 0 Å². The molecule has 0 aromatic rings. The molecule has 2 aliphatic heterocycles. The molecule has 5 heteroatoms. The van der Waals surface area contributed by atoms with Crippen LogP contribution >= 0.6 is 0 Å². The fourth-order valence-corrected chi connectivity index (χ4v) is 4.83. The predicted molar refractivity (Wildman–Crippen MR) is 116 cm³/mol. The second kappa shape index (κ2) is 7.78. The number of carbonyl (C=O) groups is 2. The van der Waals surface area contributed by atoms with Crippen molar-refractivity contribution in [2.75, 3.05) is 0 Å². The van der Waals surface area contributed by atoms with Gasteiger partial charge in [-0.25, -0.2) is 0 Å².